The van der Waals surface area contributed by atoms with E-state index in [9.17, 15) is 18.3 Å². The zero-order valence-corrected chi connectivity index (χ0v) is 15.2. The first-order valence-corrected chi connectivity index (χ1v) is 8.31. The van der Waals surface area contributed by atoms with Gasteiger partial charge in [-0.2, -0.15) is 23.1 Å². The lowest BCUT2D eigenvalue weighted by Crippen LogP contribution is -2.21. The third kappa shape index (κ3) is 6.05. The Bertz CT molecular complexity index is 957. The molecule has 0 aliphatic heterocycles. The predicted molar refractivity (Wildman–Crippen MR) is 101 cm³/mol. The number of aliphatic hydroxyl groups excluding tert-OH is 1. The second kappa shape index (κ2) is 9.21. The number of aliphatic hydroxyl groups is 1. The molecular weight excluding hydrogens is 393 g/mol. The molecule has 0 radical (unpaired) electrons. The fourth-order valence-corrected chi connectivity index (χ4v) is 2.19. The molecule has 29 heavy (non-hydrogen) atoms. The van der Waals surface area contributed by atoms with Gasteiger partial charge in [-0.05, 0) is 30.7 Å². The minimum Gasteiger partial charge on any atom is -0.475 e. The maximum atomic E-state index is 10.6. The van der Waals surface area contributed by atoms with E-state index < -0.39 is 18.4 Å². The van der Waals surface area contributed by atoms with Crippen molar-refractivity contribution < 1.29 is 28.2 Å². The number of hydrogen-bond donors (Lipinski definition) is 6. The summed E-state index contributed by atoms with van der Waals surface area (Å²) in [5.41, 5.74) is 7.65. The number of halogens is 3. The first-order chi connectivity index (χ1) is 13.6. The maximum absolute atomic E-state index is 10.6. The fourth-order valence-electron chi connectivity index (χ4n) is 2.19. The lowest BCUT2D eigenvalue weighted by Gasteiger charge is -2.10. The Kier molecular flexibility index (Phi) is 6.96. The smallest absolute Gasteiger partial charge is 0.475 e. The molecule has 156 valence electrons. The summed E-state index contributed by atoms with van der Waals surface area (Å²) in [5.74, 6) is -1.48. The molecule has 0 bridgehead atoms. The number of hydrogen-bond acceptors (Lipinski definition) is 7. The molecule has 0 fully saturated rings. The molecule has 2 aromatic heterocycles. The number of carboxylic acids is 1. The van der Waals surface area contributed by atoms with Crippen molar-refractivity contribution in [3.8, 4) is 0 Å². The number of fused-ring (bicyclic) bond motifs is 1. The Morgan fingerprint density at radius 2 is 1.86 bits per heavy atom. The van der Waals surface area contributed by atoms with Crippen molar-refractivity contribution >= 4 is 34.5 Å². The number of aromatic nitrogens is 3. The number of rotatable bonds is 5. The van der Waals surface area contributed by atoms with Crippen LogP contribution in [0.2, 0.25) is 0 Å². The van der Waals surface area contributed by atoms with Crippen LogP contribution in [0.1, 0.15) is 18.7 Å². The molecule has 2 heterocycles. The van der Waals surface area contributed by atoms with Crippen molar-refractivity contribution in [3.05, 3.63) is 42.1 Å². The number of nitrogens with zero attached hydrogens (tertiary/aromatic N) is 2. The molecule has 0 saturated carbocycles. The van der Waals surface area contributed by atoms with Crippen LogP contribution in [-0.4, -0.2) is 43.9 Å². The third-order valence-corrected chi connectivity index (χ3v) is 3.51. The van der Waals surface area contributed by atoms with Crippen LogP contribution in [0.5, 0.6) is 0 Å². The number of carboxylic acid groups (broad SMARTS) is 1. The average Bonchev–Trinajstić information content (AvgIpc) is 3.11. The Morgan fingerprint density at radius 1 is 1.24 bits per heavy atom. The molecule has 12 heteroatoms. The Labute approximate surface area is 162 Å². The van der Waals surface area contributed by atoms with Crippen LogP contribution in [-0.2, 0) is 4.79 Å². The van der Waals surface area contributed by atoms with Gasteiger partial charge in [-0.15, -0.1) is 0 Å². The van der Waals surface area contributed by atoms with E-state index in [0.29, 0.717) is 11.5 Å². The largest absolute Gasteiger partial charge is 0.490 e. The molecule has 0 aliphatic rings. The van der Waals surface area contributed by atoms with Gasteiger partial charge in [0, 0.05) is 18.4 Å². The quantitative estimate of drug-likeness (QED) is 0.350. The van der Waals surface area contributed by atoms with E-state index in [-0.39, 0.29) is 0 Å². The molecule has 0 aliphatic carbocycles. The highest BCUT2D eigenvalue weighted by Gasteiger charge is 2.38. The van der Waals surface area contributed by atoms with Crippen LogP contribution in [0.15, 0.2) is 36.5 Å². The van der Waals surface area contributed by atoms with Crippen LogP contribution in [0, 0.1) is 0 Å². The van der Waals surface area contributed by atoms with Crippen molar-refractivity contribution in [2.75, 3.05) is 17.2 Å². The van der Waals surface area contributed by atoms with E-state index in [2.05, 4.69) is 25.6 Å². The number of anilines is 3. The minimum absolute atomic E-state index is 0.493. The molecular formula is C17H19F3N6O3. The van der Waals surface area contributed by atoms with Crippen molar-refractivity contribution in [1.29, 1.82) is 0 Å². The number of alkyl halides is 3. The summed E-state index contributed by atoms with van der Waals surface area (Å²) in [6.45, 7) is 2.80. The van der Waals surface area contributed by atoms with Gasteiger partial charge in [-0.1, -0.05) is 12.1 Å². The predicted octanol–water partition coefficient (Wildman–Crippen LogP) is 2.72. The standard InChI is InChI=1S/C15H18N6O.C2HF3O2/c1-2-17-13-11-7-8-18-14(11)21-15(20-13)19-10-5-3-9(4-6-10)12(16)22;3-2(4,5)1(6)7/h3-8,12,22H,2,16H2,1H3,(H3,17,18,19,20,21);(H,6,7). The minimum atomic E-state index is -5.08. The normalized spacial score (nSPS) is 12.1. The lowest BCUT2D eigenvalue weighted by atomic mass is 10.2. The second-order valence-corrected chi connectivity index (χ2v) is 5.66. The summed E-state index contributed by atoms with van der Waals surface area (Å²) in [6.07, 6.45) is -4.22. The van der Waals surface area contributed by atoms with Gasteiger partial charge in [0.05, 0.1) is 5.39 Å². The van der Waals surface area contributed by atoms with E-state index >= 15 is 0 Å². The lowest BCUT2D eigenvalue weighted by molar-refractivity contribution is -0.192. The van der Waals surface area contributed by atoms with E-state index in [0.717, 1.165) is 29.1 Å². The molecule has 1 aromatic carbocycles. The fraction of sp³-hybridized carbons (Fsp3) is 0.235. The summed E-state index contributed by atoms with van der Waals surface area (Å²) >= 11 is 0. The summed E-state index contributed by atoms with van der Waals surface area (Å²) < 4.78 is 31.7. The van der Waals surface area contributed by atoms with Gasteiger partial charge >= 0.3 is 12.1 Å². The highest BCUT2D eigenvalue weighted by Crippen LogP contribution is 2.23. The van der Waals surface area contributed by atoms with Crippen molar-refractivity contribution in [2.45, 2.75) is 19.3 Å². The zero-order valence-electron chi connectivity index (χ0n) is 15.2. The number of nitrogens with one attached hydrogen (secondary N) is 3. The van der Waals surface area contributed by atoms with E-state index in [4.69, 9.17) is 15.6 Å². The van der Waals surface area contributed by atoms with Crippen LogP contribution >= 0.6 is 0 Å². The van der Waals surface area contributed by atoms with Gasteiger partial charge in [0.1, 0.15) is 17.7 Å². The van der Waals surface area contributed by atoms with Gasteiger partial charge < -0.3 is 31.6 Å². The summed E-state index contributed by atoms with van der Waals surface area (Å²) in [6, 6.07) is 9.09. The van der Waals surface area contributed by atoms with E-state index in [1.54, 1.807) is 12.1 Å². The van der Waals surface area contributed by atoms with Crippen LogP contribution in [0.3, 0.4) is 0 Å². The summed E-state index contributed by atoms with van der Waals surface area (Å²) in [5, 5.41) is 23.8. The van der Waals surface area contributed by atoms with Gasteiger partial charge in [-0.3, -0.25) is 0 Å². The number of aromatic amines is 1. The molecule has 1 unspecified atom stereocenters. The Hall–Kier alpha value is -3.38. The van der Waals surface area contributed by atoms with Gasteiger partial charge in [0.2, 0.25) is 5.95 Å². The van der Waals surface area contributed by atoms with Crippen LogP contribution in [0.4, 0.5) is 30.6 Å². The zero-order chi connectivity index (χ0) is 21.6. The average molecular weight is 412 g/mol. The van der Waals surface area contributed by atoms with E-state index in [1.165, 1.54) is 0 Å². The number of aliphatic carboxylic acids is 1. The molecule has 0 spiro atoms. The number of nitrogens with two attached hydrogens (primary N) is 1. The monoisotopic (exact) mass is 412 g/mol. The summed E-state index contributed by atoms with van der Waals surface area (Å²) in [7, 11) is 0. The summed E-state index contributed by atoms with van der Waals surface area (Å²) in [4.78, 5) is 20.9. The molecule has 3 rings (SSSR count). The molecule has 0 saturated heterocycles. The molecule has 1 atom stereocenters. The second-order valence-electron chi connectivity index (χ2n) is 5.66. The number of H-pyrrole nitrogens is 1. The topological polar surface area (TPSA) is 149 Å². The molecule has 7 N–H and O–H groups in total. The van der Waals surface area contributed by atoms with Crippen molar-refractivity contribution in [3.63, 3.8) is 0 Å². The van der Waals surface area contributed by atoms with Gasteiger partial charge in [0.25, 0.3) is 0 Å². The van der Waals surface area contributed by atoms with Crippen molar-refractivity contribution in [1.82, 2.24) is 15.0 Å². The molecule has 3 aromatic rings. The Morgan fingerprint density at radius 3 is 2.38 bits per heavy atom. The Balaban J connectivity index is 0.000000370. The molecule has 0 amide bonds. The highest BCUT2D eigenvalue weighted by molar-refractivity contribution is 5.88. The number of benzene rings is 1. The third-order valence-electron chi connectivity index (χ3n) is 3.51. The molecule has 9 nitrogen and oxygen atoms in total. The van der Waals surface area contributed by atoms with Crippen LogP contribution in [0.25, 0.3) is 11.0 Å². The van der Waals surface area contributed by atoms with Gasteiger partial charge in [-0.25, -0.2) is 4.79 Å². The van der Waals surface area contributed by atoms with E-state index in [1.807, 2.05) is 31.3 Å². The highest BCUT2D eigenvalue weighted by atomic mass is 19.4. The maximum Gasteiger partial charge on any atom is 0.490 e. The SMILES string of the molecule is CCNc1nc(Nc2ccc(C(N)O)cc2)nc2[nH]ccc12.O=C(O)C(F)(F)F. The first-order valence-electron chi connectivity index (χ1n) is 8.31. The first kappa shape index (κ1) is 21.9. The van der Waals surface area contributed by atoms with Crippen molar-refractivity contribution in [2.24, 2.45) is 5.73 Å². The number of carbonyl (C=O) groups is 1. The van der Waals surface area contributed by atoms with Crippen LogP contribution < -0.4 is 16.4 Å². The van der Waals surface area contributed by atoms with Gasteiger partial charge in [0.15, 0.2) is 0 Å².